The molecule has 0 radical (unpaired) electrons. The number of hydrogen-bond acceptors (Lipinski definition) is 6. The second-order valence-corrected chi connectivity index (χ2v) is 10.0. The molecule has 1 aliphatic carbocycles. The van der Waals surface area contributed by atoms with Gasteiger partial charge in [-0.25, -0.2) is 0 Å². The minimum absolute atomic E-state index is 0.00619. The summed E-state index contributed by atoms with van der Waals surface area (Å²) >= 11 is 5.62. The minimum Gasteiger partial charge on any atom is -0.434 e. The standard InChI is InChI=1S/C24H26ClF8N3O3.O2S/c1-3-36-19(17(25)18(35-36)20(37)34-11-13-6-4-12(2)5-7-13)15-9-8-14(10-16(15)39-21(26)27)22(38,23(28,29)30)24(31,32)33;1-3-2/h8-10,12-13,21,38H,3-7,11H2,1-2H3,(H,34,37);. The smallest absolute Gasteiger partial charge is 0.430 e. The number of nitrogens with one attached hydrogen (secondary N) is 1. The van der Waals surface area contributed by atoms with Gasteiger partial charge in [0.05, 0.1) is 10.7 Å². The first kappa shape index (κ1) is 35.4. The van der Waals surface area contributed by atoms with Gasteiger partial charge in [-0.15, -0.1) is 0 Å². The van der Waals surface area contributed by atoms with Crippen LogP contribution >= 0.6 is 11.6 Å². The Kier molecular flexibility index (Phi) is 11.9. The predicted molar refractivity (Wildman–Crippen MR) is 133 cm³/mol. The summed E-state index contributed by atoms with van der Waals surface area (Å²) in [6, 6.07) is 0.882. The van der Waals surface area contributed by atoms with Gasteiger partial charge < -0.3 is 15.2 Å². The van der Waals surface area contributed by atoms with Crippen molar-refractivity contribution in [2.75, 3.05) is 6.54 Å². The van der Waals surface area contributed by atoms with Crippen LogP contribution in [0.4, 0.5) is 35.1 Å². The number of benzene rings is 1. The van der Waals surface area contributed by atoms with E-state index in [9.17, 15) is 45.0 Å². The van der Waals surface area contributed by atoms with Gasteiger partial charge in [-0.05, 0) is 43.7 Å². The van der Waals surface area contributed by atoms with Gasteiger partial charge in [-0.3, -0.25) is 9.48 Å². The highest BCUT2D eigenvalue weighted by atomic mass is 35.5. The number of rotatable bonds is 8. The zero-order chi connectivity index (χ0) is 32.0. The summed E-state index contributed by atoms with van der Waals surface area (Å²) in [5, 5.41) is 16.1. The Morgan fingerprint density at radius 1 is 1.14 bits per heavy atom. The van der Waals surface area contributed by atoms with E-state index in [2.05, 4.69) is 22.1 Å². The third-order valence-corrected chi connectivity index (χ3v) is 7.15. The molecule has 1 saturated carbocycles. The fourth-order valence-electron chi connectivity index (χ4n) is 4.55. The highest BCUT2D eigenvalue weighted by Crippen LogP contribution is 2.51. The molecular formula is C24H26ClF8N3O5S. The molecule has 18 heteroatoms. The largest absolute Gasteiger partial charge is 0.434 e. The molecule has 0 spiro atoms. The Morgan fingerprint density at radius 2 is 1.69 bits per heavy atom. The van der Waals surface area contributed by atoms with Crippen molar-refractivity contribution in [3.63, 3.8) is 0 Å². The van der Waals surface area contributed by atoms with E-state index in [1.165, 1.54) is 6.92 Å². The van der Waals surface area contributed by atoms with E-state index in [0.29, 0.717) is 18.5 Å². The molecule has 1 heterocycles. The zero-order valence-corrected chi connectivity index (χ0v) is 23.6. The Labute approximate surface area is 243 Å². The number of aromatic nitrogens is 2. The van der Waals surface area contributed by atoms with E-state index in [-0.39, 0.29) is 41.0 Å². The van der Waals surface area contributed by atoms with E-state index >= 15 is 0 Å². The highest BCUT2D eigenvalue weighted by Gasteiger charge is 2.71. The van der Waals surface area contributed by atoms with Crippen molar-refractivity contribution >= 4 is 29.1 Å². The minimum atomic E-state index is -6.25. The van der Waals surface area contributed by atoms with Crippen molar-refractivity contribution in [1.82, 2.24) is 15.1 Å². The van der Waals surface area contributed by atoms with Crippen LogP contribution in [0.5, 0.6) is 5.75 Å². The maximum Gasteiger partial charge on any atom is 0.430 e. The van der Waals surface area contributed by atoms with Crippen molar-refractivity contribution in [2.45, 2.75) is 70.6 Å². The molecule has 0 aliphatic heterocycles. The molecule has 0 atom stereocenters. The molecule has 0 saturated heterocycles. The van der Waals surface area contributed by atoms with Gasteiger partial charge in [-0.2, -0.15) is 48.6 Å². The first-order valence-corrected chi connectivity index (χ1v) is 13.4. The summed E-state index contributed by atoms with van der Waals surface area (Å²) < 4.78 is 128. The van der Waals surface area contributed by atoms with E-state index in [0.717, 1.165) is 30.4 Å². The summed E-state index contributed by atoms with van der Waals surface area (Å²) in [6.45, 7) is 0.331. The molecule has 3 rings (SSSR count). The number of halogens is 9. The zero-order valence-electron chi connectivity index (χ0n) is 22.0. The molecule has 8 nitrogen and oxygen atoms in total. The molecule has 1 amide bonds. The number of nitrogens with zero attached hydrogens (tertiary/aromatic N) is 2. The van der Waals surface area contributed by atoms with Crippen molar-refractivity contribution in [3.05, 3.63) is 34.5 Å². The summed E-state index contributed by atoms with van der Waals surface area (Å²) in [7, 11) is 0. The SMILES string of the molecule is CCn1nc(C(=O)NCC2CCC(C)CC2)c(Cl)c1-c1ccc(C(O)(C(F)(F)F)C(F)(F)F)cc1OC(F)F.O=S=O. The molecule has 42 heavy (non-hydrogen) atoms. The lowest BCUT2D eigenvalue weighted by atomic mass is 9.83. The number of carbonyl (C=O) groups is 1. The van der Waals surface area contributed by atoms with Crippen molar-refractivity contribution in [2.24, 2.45) is 11.8 Å². The lowest BCUT2D eigenvalue weighted by Crippen LogP contribution is -2.53. The molecule has 2 aromatic rings. The van der Waals surface area contributed by atoms with Crippen LogP contribution in [-0.2, 0) is 23.7 Å². The fraction of sp³-hybridized carbons (Fsp3) is 0.583. The summed E-state index contributed by atoms with van der Waals surface area (Å²) in [5.41, 5.74) is -8.21. The number of amides is 1. The Hall–Kier alpha value is -2.79. The van der Waals surface area contributed by atoms with Crippen molar-refractivity contribution < 1.29 is 58.2 Å². The van der Waals surface area contributed by atoms with Crippen LogP contribution in [0.25, 0.3) is 11.3 Å². The number of alkyl halides is 8. The fourth-order valence-corrected chi connectivity index (χ4v) is 4.87. The maximum absolute atomic E-state index is 13.4. The second kappa shape index (κ2) is 14.1. The van der Waals surface area contributed by atoms with Gasteiger partial charge in [0.15, 0.2) is 5.69 Å². The average molecular weight is 656 g/mol. The van der Waals surface area contributed by atoms with Crippen LogP contribution in [0.1, 0.15) is 55.6 Å². The normalized spacial score (nSPS) is 17.8. The van der Waals surface area contributed by atoms with Crippen LogP contribution in [0.2, 0.25) is 5.02 Å². The molecule has 0 unspecified atom stereocenters. The van der Waals surface area contributed by atoms with E-state index in [4.69, 9.17) is 20.0 Å². The lowest BCUT2D eigenvalue weighted by molar-refractivity contribution is -0.376. The number of aliphatic hydroxyl groups is 1. The van der Waals surface area contributed by atoms with Crippen LogP contribution < -0.4 is 10.1 Å². The topological polar surface area (TPSA) is 111 Å². The third-order valence-electron chi connectivity index (χ3n) is 6.79. The maximum atomic E-state index is 13.4. The van der Waals surface area contributed by atoms with Gasteiger partial charge in [0, 0.05) is 24.2 Å². The van der Waals surface area contributed by atoms with Gasteiger partial charge in [-0.1, -0.05) is 37.4 Å². The molecule has 1 aromatic carbocycles. The molecule has 0 bridgehead atoms. The van der Waals surface area contributed by atoms with Crippen molar-refractivity contribution in [1.29, 1.82) is 0 Å². The van der Waals surface area contributed by atoms with Gasteiger partial charge in [0.1, 0.15) is 5.75 Å². The predicted octanol–water partition coefficient (Wildman–Crippen LogP) is 6.02. The Bertz CT molecular complexity index is 1260. The molecule has 2 N–H and O–H groups in total. The third kappa shape index (κ3) is 7.78. The first-order valence-electron chi connectivity index (χ1n) is 12.3. The Morgan fingerprint density at radius 3 is 2.17 bits per heavy atom. The first-order chi connectivity index (χ1) is 19.4. The van der Waals surface area contributed by atoms with Crippen molar-refractivity contribution in [3.8, 4) is 17.0 Å². The van der Waals surface area contributed by atoms with Crippen LogP contribution in [0, 0.1) is 11.8 Å². The molecule has 1 fully saturated rings. The molecular weight excluding hydrogens is 630 g/mol. The monoisotopic (exact) mass is 655 g/mol. The molecule has 1 aromatic heterocycles. The van der Waals surface area contributed by atoms with Gasteiger partial charge >= 0.3 is 30.5 Å². The number of hydrogen-bond donors (Lipinski definition) is 2. The van der Waals surface area contributed by atoms with E-state index in [1.807, 2.05) is 0 Å². The quantitative estimate of drug-likeness (QED) is 0.337. The summed E-state index contributed by atoms with van der Waals surface area (Å²) in [4.78, 5) is 12.8. The van der Waals surface area contributed by atoms with Gasteiger partial charge in [0.25, 0.3) is 11.5 Å². The number of carbonyl (C=O) groups excluding carboxylic acids is 1. The van der Waals surface area contributed by atoms with Gasteiger partial charge in [0.2, 0.25) is 0 Å². The average Bonchev–Trinajstić information content (AvgIpc) is 3.22. The van der Waals surface area contributed by atoms with Crippen LogP contribution in [-0.4, -0.2) is 54.7 Å². The highest BCUT2D eigenvalue weighted by molar-refractivity contribution is 7.51. The number of ether oxygens (including phenoxy) is 1. The second-order valence-electron chi connectivity index (χ2n) is 9.53. The molecule has 236 valence electrons. The summed E-state index contributed by atoms with van der Waals surface area (Å²) in [5.74, 6) is -1.01. The van der Waals surface area contributed by atoms with Crippen LogP contribution in [0.3, 0.4) is 0 Å². The van der Waals surface area contributed by atoms with Crippen LogP contribution in [0.15, 0.2) is 18.2 Å². The lowest BCUT2D eigenvalue weighted by Gasteiger charge is -2.33. The number of aryl methyl sites for hydroxylation is 1. The van der Waals surface area contributed by atoms with E-state index < -0.39 is 58.9 Å². The summed E-state index contributed by atoms with van der Waals surface area (Å²) in [6.07, 6.45) is -8.66. The Balaban J connectivity index is 0.00000197. The van der Waals surface area contributed by atoms with E-state index in [1.54, 1.807) is 0 Å². The molecule has 1 aliphatic rings.